The van der Waals surface area contributed by atoms with Gasteiger partial charge in [-0.3, -0.25) is 4.79 Å². The number of Topliss-reactive ketones (excluding diaryl/α,β-unsaturated/α-hetero) is 1. The molecule has 1 aromatic rings. The topological polar surface area (TPSA) is 54.5 Å². The van der Waals surface area contributed by atoms with Crippen LogP contribution >= 0.6 is 0 Å². The molecule has 1 atom stereocenters. The largest absolute Gasteiger partial charge is 0.295 e. The Kier molecular flexibility index (Phi) is 4.30. The zero-order valence-corrected chi connectivity index (χ0v) is 13.0. The van der Waals surface area contributed by atoms with Crippen LogP contribution in [0.5, 0.6) is 0 Å². The van der Waals surface area contributed by atoms with Crippen LogP contribution < -0.4 is 0 Å². The Morgan fingerprint density at radius 2 is 2.05 bits per heavy atom. The molecule has 0 radical (unpaired) electrons. The fourth-order valence-corrected chi connectivity index (χ4v) is 4.61. The maximum absolute atomic E-state index is 12.7. The molecule has 0 saturated carbocycles. The van der Waals surface area contributed by atoms with Crippen LogP contribution in [0.3, 0.4) is 0 Å². The van der Waals surface area contributed by atoms with Gasteiger partial charge in [-0.2, -0.15) is 4.31 Å². The van der Waals surface area contributed by atoms with Crippen molar-refractivity contribution in [1.82, 2.24) is 4.31 Å². The number of nitrogens with zero attached hydrogens (tertiary/aromatic N) is 1. The lowest BCUT2D eigenvalue weighted by Crippen LogP contribution is -2.38. The third-order valence-corrected chi connectivity index (χ3v) is 5.79. The van der Waals surface area contributed by atoms with Gasteiger partial charge in [0.1, 0.15) is 0 Å². The molecule has 2 rings (SSSR count). The zero-order chi connectivity index (χ0) is 14.9. The molecule has 1 saturated heterocycles. The molecule has 1 aromatic carbocycles. The standard InChI is InChI=1S/C15H21NO3S/c1-11(2)15-8-5-9-16(15)20(18,19)14-7-4-6-13(10-14)12(3)17/h4,6-7,10-11,15H,5,8-9H2,1-3H3. The summed E-state index contributed by atoms with van der Waals surface area (Å²) < 4.78 is 27.1. The SMILES string of the molecule is CC(=O)c1cccc(S(=O)(=O)N2CCCC2C(C)C)c1. The first kappa shape index (κ1) is 15.2. The maximum atomic E-state index is 12.7. The van der Waals surface area contributed by atoms with Crippen LogP contribution in [0.25, 0.3) is 0 Å². The minimum absolute atomic E-state index is 0.0565. The van der Waals surface area contributed by atoms with Gasteiger partial charge >= 0.3 is 0 Å². The van der Waals surface area contributed by atoms with E-state index in [1.165, 1.54) is 13.0 Å². The van der Waals surface area contributed by atoms with Crippen molar-refractivity contribution < 1.29 is 13.2 Å². The Balaban J connectivity index is 2.40. The smallest absolute Gasteiger partial charge is 0.243 e. The highest BCUT2D eigenvalue weighted by atomic mass is 32.2. The average molecular weight is 295 g/mol. The van der Waals surface area contributed by atoms with Gasteiger partial charge in [0.25, 0.3) is 0 Å². The van der Waals surface area contributed by atoms with E-state index in [4.69, 9.17) is 0 Å². The molecule has 1 heterocycles. The van der Waals surface area contributed by atoms with Gasteiger partial charge < -0.3 is 0 Å². The quantitative estimate of drug-likeness (QED) is 0.803. The summed E-state index contributed by atoms with van der Waals surface area (Å²) in [5.74, 6) is 0.173. The monoisotopic (exact) mass is 295 g/mol. The van der Waals surface area contributed by atoms with Crippen LogP contribution in [0, 0.1) is 5.92 Å². The molecular formula is C15H21NO3S. The lowest BCUT2D eigenvalue weighted by molar-refractivity contribution is 0.101. The van der Waals surface area contributed by atoms with Gasteiger partial charge in [-0.05, 0) is 37.8 Å². The van der Waals surface area contributed by atoms with Crippen molar-refractivity contribution in [1.29, 1.82) is 0 Å². The van der Waals surface area contributed by atoms with E-state index in [2.05, 4.69) is 0 Å². The molecule has 5 heteroatoms. The van der Waals surface area contributed by atoms with Crippen molar-refractivity contribution in [3.05, 3.63) is 29.8 Å². The molecule has 0 bridgehead atoms. The first-order valence-electron chi connectivity index (χ1n) is 6.97. The molecule has 0 N–H and O–H groups in total. The number of hydrogen-bond donors (Lipinski definition) is 0. The molecule has 0 spiro atoms. The molecule has 4 nitrogen and oxygen atoms in total. The van der Waals surface area contributed by atoms with Gasteiger partial charge in [0.2, 0.25) is 10.0 Å². The third kappa shape index (κ3) is 2.79. The van der Waals surface area contributed by atoms with Crippen LogP contribution in [0.15, 0.2) is 29.2 Å². The molecule has 1 aliphatic heterocycles. The predicted octanol–water partition coefficient (Wildman–Crippen LogP) is 2.70. The van der Waals surface area contributed by atoms with Gasteiger partial charge in [-0.1, -0.05) is 26.0 Å². The van der Waals surface area contributed by atoms with E-state index in [1.54, 1.807) is 22.5 Å². The highest BCUT2D eigenvalue weighted by molar-refractivity contribution is 7.89. The first-order chi connectivity index (χ1) is 9.34. The number of carbonyl (C=O) groups excluding carboxylic acids is 1. The Bertz CT molecular complexity index is 607. The minimum atomic E-state index is -3.51. The van der Waals surface area contributed by atoms with E-state index >= 15 is 0 Å². The highest BCUT2D eigenvalue weighted by Crippen LogP contribution is 2.30. The summed E-state index contributed by atoms with van der Waals surface area (Å²) in [6.07, 6.45) is 1.80. The van der Waals surface area contributed by atoms with Crippen molar-refractivity contribution >= 4 is 15.8 Å². The van der Waals surface area contributed by atoms with Gasteiger partial charge in [-0.25, -0.2) is 8.42 Å². The second kappa shape index (κ2) is 5.66. The molecule has 1 aliphatic rings. The van der Waals surface area contributed by atoms with Crippen LogP contribution in [-0.4, -0.2) is 31.1 Å². The van der Waals surface area contributed by atoms with Crippen LogP contribution in [0.4, 0.5) is 0 Å². The average Bonchev–Trinajstić information content (AvgIpc) is 2.89. The molecule has 110 valence electrons. The normalized spacial score (nSPS) is 20.5. The molecule has 20 heavy (non-hydrogen) atoms. The van der Waals surface area contributed by atoms with E-state index in [0.29, 0.717) is 18.0 Å². The van der Waals surface area contributed by atoms with Crippen molar-refractivity contribution in [3.8, 4) is 0 Å². The van der Waals surface area contributed by atoms with Crippen LogP contribution in [0.1, 0.15) is 44.0 Å². The Morgan fingerprint density at radius 1 is 1.35 bits per heavy atom. The summed E-state index contributed by atoms with van der Waals surface area (Å²) >= 11 is 0. The lowest BCUT2D eigenvalue weighted by Gasteiger charge is -2.27. The molecular weight excluding hydrogens is 274 g/mol. The van der Waals surface area contributed by atoms with Gasteiger partial charge in [-0.15, -0.1) is 0 Å². The molecule has 1 fully saturated rings. The number of carbonyl (C=O) groups is 1. The summed E-state index contributed by atoms with van der Waals surface area (Å²) in [6, 6.07) is 6.38. The maximum Gasteiger partial charge on any atom is 0.243 e. The van der Waals surface area contributed by atoms with Crippen molar-refractivity contribution in [2.75, 3.05) is 6.54 Å². The van der Waals surface area contributed by atoms with E-state index in [0.717, 1.165) is 12.8 Å². The summed E-state index contributed by atoms with van der Waals surface area (Å²) in [7, 11) is -3.51. The fourth-order valence-electron chi connectivity index (χ4n) is 2.74. The van der Waals surface area contributed by atoms with E-state index in [-0.39, 0.29) is 16.7 Å². The molecule has 0 aromatic heterocycles. The summed E-state index contributed by atoms with van der Waals surface area (Å²) in [5, 5.41) is 0. The van der Waals surface area contributed by atoms with Crippen molar-refractivity contribution in [2.45, 2.75) is 44.6 Å². The first-order valence-corrected chi connectivity index (χ1v) is 8.41. The van der Waals surface area contributed by atoms with Crippen molar-refractivity contribution in [3.63, 3.8) is 0 Å². The number of rotatable bonds is 4. The number of hydrogen-bond acceptors (Lipinski definition) is 3. The second-order valence-corrected chi connectivity index (χ2v) is 7.54. The van der Waals surface area contributed by atoms with Gasteiger partial charge in [0.05, 0.1) is 4.90 Å². The number of sulfonamides is 1. The zero-order valence-electron chi connectivity index (χ0n) is 12.2. The highest BCUT2D eigenvalue weighted by Gasteiger charge is 2.36. The van der Waals surface area contributed by atoms with Crippen LogP contribution in [-0.2, 0) is 10.0 Å². The van der Waals surface area contributed by atoms with E-state index in [1.807, 2.05) is 13.8 Å². The Hall–Kier alpha value is -1.20. The Morgan fingerprint density at radius 3 is 2.65 bits per heavy atom. The number of benzene rings is 1. The molecule has 0 amide bonds. The Labute approximate surface area is 120 Å². The lowest BCUT2D eigenvalue weighted by atomic mass is 10.0. The van der Waals surface area contributed by atoms with Crippen LogP contribution in [0.2, 0.25) is 0 Å². The van der Waals surface area contributed by atoms with Gasteiger partial charge in [0.15, 0.2) is 5.78 Å². The van der Waals surface area contributed by atoms with Gasteiger partial charge in [0, 0.05) is 18.2 Å². The third-order valence-electron chi connectivity index (χ3n) is 3.86. The second-order valence-electron chi connectivity index (χ2n) is 5.65. The molecule has 1 unspecified atom stereocenters. The molecule has 0 aliphatic carbocycles. The minimum Gasteiger partial charge on any atom is -0.295 e. The predicted molar refractivity (Wildman–Crippen MR) is 78.2 cm³/mol. The number of ketones is 1. The van der Waals surface area contributed by atoms with E-state index < -0.39 is 10.0 Å². The summed E-state index contributed by atoms with van der Waals surface area (Å²) in [6.45, 7) is 6.10. The summed E-state index contributed by atoms with van der Waals surface area (Å²) in [4.78, 5) is 11.6. The van der Waals surface area contributed by atoms with E-state index in [9.17, 15) is 13.2 Å². The van der Waals surface area contributed by atoms with Crippen molar-refractivity contribution in [2.24, 2.45) is 5.92 Å². The fraction of sp³-hybridized carbons (Fsp3) is 0.533. The summed E-state index contributed by atoms with van der Waals surface area (Å²) in [5.41, 5.74) is 0.436.